The van der Waals surface area contributed by atoms with Gasteiger partial charge in [-0.1, -0.05) is 6.92 Å². The molecule has 1 aromatic rings. The summed E-state index contributed by atoms with van der Waals surface area (Å²) in [7, 11) is 4.12. The molecule has 2 rings (SSSR count). The molecule has 0 amide bonds. The molecule has 17 heavy (non-hydrogen) atoms. The number of furan rings is 1. The minimum atomic E-state index is -0.528. The molecule has 3 nitrogen and oxygen atoms in total. The molecule has 0 radical (unpaired) electrons. The van der Waals surface area contributed by atoms with Gasteiger partial charge in [-0.25, -0.2) is 0 Å². The van der Waals surface area contributed by atoms with E-state index >= 15 is 0 Å². The number of nitrogens with zero attached hydrogens (tertiary/aromatic N) is 1. The largest absolute Gasteiger partial charge is 0.467 e. The Morgan fingerprint density at radius 1 is 1.41 bits per heavy atom. The van der Waals surface area contributed by atoms with Crippen LogP contribution in [-0.4, -0.2) is 29.6 Å². The SMILES string of the molecule is CC1CCC(C(O)c2ccco2)(N(C)C)CC1. The van der Waals surface area contributed by atoms with Gasteiger partial charge in [-0.05, 0) is 57.8 Å². The standard InChI is InChI=1S/C14H23NO2/c1-11-6-8-14(9-7-11,15(2)3)13(16)12-5-4-10-17-12/h4-5,10-11,13,16H,6-9H2,1-3H3. The Balaban J connectivity index is 2.22. The van der Waals surface area contributed by atoms with E-state index in [0.717, 1.165) is 18.8 Å². The molecule has 1 aromatic heterocycles. The van der Waals surface area contributed by atoms with E-state index in [4.69, 9.17) is 4.42 Å². The van der Waals surface area contributed by atoms with Crippen molar-refractivity contribution in [1.82, 2.24) is 4.90 Å². The van der Waals surface area contributed by atoms with Crippen molar-refractivity contribution in [2.45, 2.75) is 44.2 Å². The Kier molecular flexibility index (Phi) is 3.59. The van der Waals surface area contributed by atoms with Crippen LogP contribution in [0.3, 0.4) is 0 Å². The zero-order chi connectivity index (χ0) is 12.5. The van der Waals surface area contributed by atoms with E-state index in [9.17, 15) is 5.11 Å². The molecule has 1 heterocycles. The van der Waals surface area contributed by atoms with Gasteiger partial charge in [-0.15, -0.1) is 0 Å². The highest BCUT2D eigenvalue weighted by Gasteiger charge is 2.44. The minimum Gasteiger partial charge on any atom is -0.467 e. The average Bonchev–Trinajstić information content (AvgIpc) is 2.82. The Bertz CT molecular complexity index is 337. The highest BCUT2D eigenvalue weighted by molar-refractivity contribution is 5.11. The van der Waals surface area contributed by atoms with Gasteiger partial charge >= 0.3 is 0 Å². The quantitative estimate of drug-likeness (QED) is 0.878. The molecule has 1 aliphatic rings. The van der Waals surface area contributed by atoms with Gasteiger partial charge in [0.05, 0.1) is 11.8 Å². The lowest BCUT2D eigenvalue weighted by Crippen LogP contribution is -2.51. The first kappa shape index (κ1) is 12.7. The van der Waals surface area contributed by atoms with Gasteiger partial charge in [0.1, 0.15) is 11.9 Å². The lowest BCUT2D eigenvalue weighted by atomic mass is 9.72. The summed E-state index contributed by atoms with van der Waals surface area (Å²) in [4.78, 5) is 2.17. The molecule has 1 fully saturated rings. The second kappa shape index (κ2) is 4.83. The molecule has 1 aliphatic carbocycles. The maximum absolute atomic E-state index is 10.6. The summed E-state index contributed by atoms with van der Waals surface area (Å²) < 4.78 is 5.37. The van der Waals surface area contributed by atoms with E-state index in [1.807, 2.05) is 12.1 Å². The third-order valence-electron chi connectivity index (χ3n) is 4.35. The molecule has 1 N–H and O–H groups in total. The van der Waals surface area contributed by atoms with Gasteiger partial charge in [-0.3, -0.25) is 0 Å². The van der Waals surface area contributed by atoms with Crippen molar-refractivity contribution in [2.24, 2.45) is 5.92 Å². The Labute approximate surface area is 103 Å². The summed E-state index contributed by atoms with van der Waals surface area (Å²) in [6, 6.07) is 3.71. The number of likely N-dealkylation sites (N-methyl/N-ethyl adjacent to an activating group) is 1. The van der Waals surface area contributed by atoms with Crippen LogP contribution in [0.1, 0.15) is 44.5 Å². The number of hydrogen-bond acceptors (Lipinski definition) is 3. The second-order valence-electron chi connectivity index (χ2n) is 5.60. The van der Waals surface area contributed by atoms with Crippen molar-refractivity contribution in [2.75, 3.05) is 14.1 Å². The summed E-state index contributed by atoms with van der Waals surface area (Å²) in [5.74, 6) is 1.46. The van der Waals surface area contributed by atoms with Gasteiger partial charge in [0, 0.05) is 0 Å². The Morgan fingerprint density at radius 2 is 2.06 bits per heavy atom. The fourth-order valence-electron chi connectivity index (χ4n) is 2.94. The Morgan fingerprint density at radius 3 is 2.53 bits per heavy atom. The van der Waals surface area contributed by atoms with E-state index in [1.54, 1.807) is 6.26 Å². The van der Waals surface area contributed by atoms with Crippen LogP contribution in [0, 0.1) is 5.92 Å². The van der Waals surface area contributed by atoms with E-state index in [1.165, 1.54) is 12.8 Å². The second-order valence-corrected chi connectivity index (χ2v) is 5.60. The van der Waals surface area contributed by atoms with Crippen molar-refractivity contribution in [1.29, 1.82) is 0 Å². The van der Waals surface area contributed by atoms with E-state index < -0.39 is 6.10 Å². The van der Waals surface area contributed by atoms with Gasteiger partial charge in [-0.2, -0.15) is 0 Å². The fourth-order valence-corrected chi connectivity index (χ4v) is 2.94. The molecular weight excluding hydrogens is 214 g/mol. The monoisotopic (exact) mass is 237 g/mol. The third-order valence-corrected chi connectivity index (χ3v) is 4.35. The van der Waals surface area contributed by atoms with Gasteiger partial charge in [0.2, 0.25) is 0 Å². The summed E-state index contributed by atoms with van der Waals surface area (Å²) in [5, 5.41) is 10.6. The lowest BCUT2D eigenvalue weighted by Gasteiger charge is -2.47. The molecular formula is C14H23NO2. The smallest absolute Gasteiger partial charge is 0.134 e. The van der Waals surface area contributed by atoms with Crippen molar-refractivity contribution < 1.29 is 9.52 Å². The first-order valence-corrected chi connectivity index (χ1v) is 6.45. The molecule has 0 saturated heterocycles. The molecule has 1 saturated carbocycles. The highest BCUT2D eigenvalue weighted by atomic mass is 16.4. The van der Waals surface area contributed by atoms with Gasteiger partial charge in [0.25, 0.3) is 0 Å². The summed E-state index contributed by atoms with van der Waals surface area (Å²) in [5.41, 5.74) is -0.162. The van der Waals surface area contributed by atoms with Crippen LogP contribution in [0.4, 0.5) is 0 Å². The van der Waals surface area contributed by atoms with Crippen LogP contribution < -0.4 is 0 Å². The van der Waals surface area contributed by atoms with Crippen molar-refractivity contribution >= 4 is 0 Å². The molecule has 0 aromatic carbocycles. The van der Waals surface area contributed by atoms with Crippen LogP contribution in [0.25, 0.3) is 0 Å². The number of rotatable bonds is 3. The highest BCUT2D eigenvalue weighted by Crippen LogP contribution is 2.43. The number of aliphatic hydroxyl groups excluding tert-OH is 1. The zero-order valence-corrected chi connectivity index (χ0v) is 11.0. The predicted octanol–water partition coefficient (Wildman–Crippen LogP) is 2.82. The number of hydrogen-bond donors (Lipinski definition) is 1. The van der Waals surface area contributed by atoms with Crippen LogP contribution >= 0.6 is 0 Å². The van der Waals surface area contributed by atoms with Gasteiger partial charge < -0.3 is 14.4 Å². The fraction of sp³-hybridized carbons (Fsp3) is 0.714. The summed E-state index contributed by atoms with van der Waals surface area (Å²) in [6.45, 7) is 2.29. The topological polar surface area (TPSA) is 36.6 Å². The van der Waals surface area contributed by atoms with E-state index in [-0.39, 0.29) is 5.54 Å². The van der Waals surface area contributed by atoms with Crippen LogP contribution in [0.5, 0.6) is 0 Å². The predicted molar refractivity (Wildman–Crippen MR) is 67.7 cm³/mol. The van der Waals surface area contributed by atoms with Crippen molar-refractivity contribution in [3.8, 4) is 0 Å². The molecule has 0 bridgehead atoms. The molecule has 0 spiro atoms. The van der Waals surface area contributed by atoms with E-state index in [0.29, 0.717) is 5.76 Å². The molecule has 96 valence electrons. The maximum Gasteiger partial charge on any atom is 0.134 e. The third kappa shape index (κ3) is 2.26. The molecule has 0 aliphatic heterocycles. The summed E-state index contributed by atoms with van der Waals surface area (Å²) >= 11 is 0. The normalized spacial score (nSPS) is 31.7. The van der Waals surface area contributed by atoms with E-state index in [2.05, 4.69) is 25.9 Å². The zero-order valence-electron chi connectivity index (χ0n) is 11.0. The average molecular weight is 237 g/mol. The van der Waals surface area contributed by atoms with Crippen molar-refractivity contribution in [3.63, 3.8) is 0 Å². The minimum absolute atomic E-state index is 0.162. The first-order chi connectivity index (χ1) is 8.06. The maximum atomic E-state index is 10.6. The first-order valence-electron chi connectivity index (χ1n) is 6.45. The van der Waals surface area contributed by atoms with Crippen LogP contribution in [-0.2, 0) is 0 Å². The number of aliphatic hydroxyl groups is 1. The molecule has 1 unspecified atom stereocenters. The van der Waals surface area contributed by atoms with Crippen LogP contribution in [0.15, 0.2) is 22.8 Å². The Hall–Kier alpha value is -0.800. The van der Waals surface area contributed by atoms with Crippen molar-refractivity contribution in [3.05, 3.63) is 24.2 Å². The molecule has 3 heteroatoms. The molecule has 1 atom stereocenters. The van der Waals surface area contributed by atoms with Gasteiger partial charge in [0.15, 0.2) is 0 Å². The van der Waals surface area contributed by atoms with Crippen LogP contribution in [0.2, 0.25) is 0 Å². The lowest BCUT2D eigenvalue weighted by molar-refractivity contribution is -0.0506. The summed E-state index contributed by atoms with van der Waals surface area (Å²) in [6.07, 6.45) is 5.52.